The third-order valence-electron chi connectivity index (χ3n) is 3.55. The number of halogens is 2. The van der Waals surface area contributed by atoms with Crippen LogP contribution in [0.2, 0.25) is 0 Å². The first kappa shape index (κ1) is 14.3. The van der Waals surface area contributed by atoms with Crippen LogP contribution in [0.3, 0.4) is 0 Å². The minimum Gasteiger partial charge on any atom is -0.323 e. The molecule has 4 heteroatoms. The number of imidazole rings is 1. The van der Waals surface area contributed by atoms with E-state index >= 15 is 0 Å². The van der Waals surface area contributed by atoms with Crippen LogP contribution in [0.1, 0.15) is 51.4 Å². The summed E-state index contributed by atoms with van der Waals surface area (Å²) < 4.78 is 15.6. The molecule has 0 bridgehead atoms. The minimum absolute atomic E-state index is 0.191. The van der Waals surface area contributed by atoms with E-state index in [1.54, 1.807) is 12.1 Å². The Hall–Kier alpha value is -1.09. The number of alkyl halides is 1. The Morgan fingerprint density at radius 2 is 2.00 bits per heavy atom. The van der Waals surface area contributed by atoms with E-state index in [-0.39, 0.29) is 17.2 Å². The fraction of sp³-hybridized carbons (Fsp3) is 0.533. The third kappa shape index (κ3) is 2.62. The lowest BCUT2D eigenvalue weighted by Gasteiger charge is -2.24. The lowest BCUT2D eigenvalue weighted by molar-refractivity contribution is 0.364. The van der Waals surface area contributed by atoms with Gasteiger partial charge in [0.25, 0.3) is 0 Å². The second kappa shape index (κ2) is 5.49. The van der Waals surface area contributed by atoms with Crippen LogP contribution in [0.4, 0.5) is 4.39 Å². The number of hydrogen-bond donors (Lipinski definition) is 0. The van der Waals surface area contributed by atoms with E-state index in [0.29, 0.717) is 5.92 Å². The van der Waals surface area contributed by atoms with Crippen molar-refractivity contribution in [3.05, 3.63) is 29.8 Å². The van der Waals surface area contributed by atoms with Gasteiger partial charge in [0.1, 0.15) is 11.6 Å². The molecule has 2 unspecified atom stereocenters. The highest BCUT2D eigenvalue weighted by Gasteiger charge is 2.23. The molecule has 0 aliphatic carbocycles. The maximum Gasteiger partial charge on any atom is 0.127 e. The number of hydrogen-bond acceptors (Lipinski definition) is 1. The molecule has 2 rings (SSSR count). The summed E-state index contributed by atoms with van der Waals surface area (Å²) in [5.74, 6) is 1.03. The van der Waals surface area contributed by atoms with Gasteiger partial charge in [0.2, 0.25) is 0 Å². The number of aromatic nitrogens is 2. The molecule has 0 aliphatic rings. The Bertz CT molecular complexity index is 575. The molecule has 1 heterocycles. The molecule has 2 atom stereocenters. The zero-order valence-corrected chi connectivity index (χ0v) is 12.6. The van der Waals surface area contributed by atoms with Crippen LogP contribution in [0.15, 0.2) is 18.2 Å². The second-order valence-corrected chi connectivity index (χ2v) is 5.96. The first-order valence-corrected chi connectivity index (χ1v) is 7.20. The quantitative estimate of drug-likeness (QED) is 0.715. The molecule has 0 radical (unpaired) electrons. The zero-order chi connectivity index (χ0) is 14.2. The fourth-order valence-corrected chi connectivity index (χ4v) is 2.82. The lowest BCUT2D eigenvalue weighted by Crippen LogP contribution is -2.17. The smallest absolute Gasteiger partial charge is 0.127 e. The largest absolute Gasteiger partial charge is 0.323 e. The average Bonchev–Trinajstić information content (AvgIpc) is 2.69. The molecule has 0 N–H and O–H groups in total. The van der Waals surface area contributed by atoms with Gasteiger partial charge in [-0.1, -0.05) is 20.8 Å². The molecular formula is C15H20ClFN2. The van der Waals surface area contributed by atoms with Crippen LogP contribution in [0, 0.1) is 11.7 Å². The summed E-state index contributed by atoms with van der Waals surface area (Å²) in [7, 11) is 0. The Morgan fingerprint density at radius 1 is 1.32 bits per heavy atom. The summed E-state index contributed by atoms with van der Waals surface area (Å²) in [6.45, 7) is 8.38. The van der Waals surface area contributed by atoms with Gasteiger partial charge in [-0.3, -0.25) is 0 Å². The molecule has 104 valence electrons. The van der Waals surface area contributed by atoms with Crippen molar-refractivity contribution < 1.29 is 4.39 Å². The molecule has 1 aromatic carbocycles. The zero-order valence-electron chi connectivity index (χ0n) is 11.8. The van der Waals surface area contributed by atoms with E-state index in [1.807, 2.05) is 6.92 Å². The van der Waals surface area contributed by atoms with Crippen molar-refractivity contribution in [1.29, 1.82) is 0 Å². The number of benzene rings is 1. The predicted octanol–water partition coefficient (Wildman–Crippen LogP) is 5.08. The van der Waals surface area contributed by atoms with E-state index < -0.39 is 0 Å². The third-order valence-corrected chi connectivity index (χ3v) is 3.75. The second-order valence-electron chi connectivity index (χ2n) is 5.31. The molecule has 0 saturated heterocycles. The van der Waals surface area contributed by atoms with Crippen LogP contribution in [-0.4, -0.2) is 9.55 Å². The van der Waals surface area contributed by atoms with Gasteiger partial charge in [0.05, 0.1) is 16.4 Å². The van der Waals surface area contributed by atoms with Gasteiger partial charge in [-0.05, 0) is 37.5 Å². The normalized spacial score (nSPS) is 15.1. The Labute approximate surface area is 118 Å². The summed E-state index contributed by atoms with van der Waals surface area (Å²) >= 11 is 6.25. The van der Waals surface area contributed by atoms with E-state index in [2.05, 4.69) is 30.3 Å². The van der Waals surface area contributed by atoms with Crippen LogP contribution in [0.25, 0.3) is 11.0 Å². The average molecular weight is 283 g/mol. The van der Waals surface area contributed by atoms with Crippen molar-refractivity contribution in [2.45, 2.75) is 45.5 Å². The van der Waals surface area contributed by atoms with Gasteiger partial charge in [0.15, 0.2) is 0 Å². The summed E-state index contributed by atoms with van der Waals surface area (Å²) in [4.78, 5) is 4.57. The van der Waals surface area contributed by atoms with E-state index in [9.17, 15) is 4.39 Å². The fourth-order valence-electron chi connectivity index (χ4n) is 2.67. The first-order chi connectivity index (χ1) is 8.95. The molecule has 1 aromatic heterocycles. The highest BCUT2D eigenvalue weighted by atomic mass is 35.5. The lowest BCUT2D eigenvalue weighted by atomic mass is 10.0. The maximum atomic E-state index is 13.5. The van der Waals surface area contributed by atoms with Crippen LogP contribution in [-0.2, 0) is 0 Å². The molecule has 0 amide bonds. The molecule has 2 aromatic rings. The van der Waals surface area contributed by atoms with Crippen molar-refractivity contribution in [2.75, 3.05) is 0 Å². The molecule has 19 heavy (non-hydrogen) atoms. The van der Waals surface area contributed by atoms with E-state index in [1.165, 1.54) is 6.07 Å². The standard InChI is InChI=1S/C15H20ClFN2/c1-5-13(9(2)3)19-14-8-11(17)6-7-12(14)18-15(19)10(4)16/h6-10,13H,5H2,1-4H3. The number of nitrogens with zero attached hydrogens (tertiary/aromatic N) is 2. The van der Waals surface area contributed by atoms with Gasteiger partial charge >= 0.3 is 0 Å². The number of rotatable bonds is 4. The van der Waals surface area contributed by atoms with Crippen molar-refractivity contribution in [3.63, 3.8) is 0 Å². The molecule has 2 nitrogen and oxygen atoms in total. The number of fused-ring (bicyclic) bond motifs is 1. The molecule has 0 saturated carbocycles. The maximum absolute atomic E-state index is 13.5. The first-order valence-electron chi connectivity index (χ1n) is 6.77. The molecular weight excluding hydrogens is 263 g/mol. The van der Waals surface area contributed by atoms with Crippen LogP contribution in [0.5, 0.6) is 0 Å². The van der Waals surface area contributed by atoms with Crippen molar-refractivity contribution in [1.82, 2.24) is 9.55 Å². The van der Waals surface area contributed by atoms with Crippen LogP contribution >= 0.6 is 11.6 Å². The predicted molar refractivity (Wildman–Crippen MR) is 78.1 cm³/mol. The monoisotopic (exact) mass is 282 g/mol. The highest BCUT2D eigenvalue weighted by Crippen LogP contribution is 2.33. The van der Waals surface area contributed by atoms with Crippen molar-refractivity contribution >= 4 is 22.6 Å². The Balaban J connectivity index is 2.73. The Morgan fingerprint density at radius 3 is 2.53 bits per heavy atom. The summed E-state index contributed by atoms with van der Waals surface area (Å²) in [5.41, 5.74) is 1.64. The SMILES string of the molecule is CCC(C(C)C)n1c(C(C)Cl)nc2ccc(F)cc21. The minimum atomic E-state index is -0.235. The molecule has 0 spiro atoms. The van der Waals surface area contributed by atoms with Crippen LogP contribution < -0.4 is 0 Å². The molecule has 0 fully saturated rings. The van der Waals surface area contributed by atoms with Gasteiger partial charge in [-0.15, -0.1) is 11.6 Å². The molecule has 0 aliphatic heterocycles. The topological polar surface area (TPSA) is 17.8 Å². The summed E-state index contributed by atoms with van der Waals surface area (Å²) in [6.07, 6.45) is 0.969. The summed E-state index contributed by atoms with van der Waals surface area (Å²) in [6, 6.07) is 4.99. The van der Waals surface area contributed by atoms with Crippen molar-refractivity contribution in [3.8, 4) is 0 Å². The van der Waals surface area contributed by atoms with Gasteiger partial charge < -0.3 is 4.57 Å². The van der Waals surface area contributed by atoms with E-state index in [0.717, 1.165) is 23.3 Å². The highest BCUT2D eigenvalue weighted by molar-refractivity contribution is 6.20. The van der Waals surface area contributed by atoms with E-state index in [4.69, 9.17) is 11.6 Å². The van der Waals surface area contributed by atoms with Gasteiger partial charge in [0, 0.05) is 6.04 Å². The van der Waals surface area contributed by atoms with Gasteiger partial charge in [-0.25, -0.2) is 9.37 Å². The summed E-state index contributed by atoms with van der Waals surface area (Å²) in [5, 5.41) is -0.191. The van der Waals surface area contributed by atoms with Crippen molar-refractivity contribution in [2.24, 2.45) is 5.92 Å². The van der Waals surface area contributed by atoms with Gasteiger partial charge in [-0.2, -0.15) is 0 Å². The Kier molecular flexibility index (Phi) is 4.14.